The number of benzene rings is 2. The van der Waals surface area contributed by atoms with E-state index in [4.69, 9.17) is 4.74 Å². The quantitative estimate of drug-likeness (QED) is 0.776. The first kappa shape index (κ1) is 19.9. The largest absolute Gasteiger partial charge is 0.469 e. The van der Waals surface area contributed by atoms with Crippen LogP contribution in [0.25, 0.3) is 0 Å². The van der Waals surface area contributed by atoms with Gasteiger partial charge in [0.1, 0.15) is 0 Å². The number of nitrogens with zero attached hydrogens (tertiary/aromatic N) is 1. The highest BCUT2D eigenvalue weighted by atomic mass is 32.2. The fraction of sp³-hybridized carbons (Fsp3) is 0.300. The molecule has 0 aromatic heterocycles. The topological polar surface area (TPSA) is 92.8 Å². The van der Waals surface area contributed by atoms with Gasteiger partial charge < -0.3 is 9.64 Å². The Morgan fingerprint density at radius 3 is 2.36 bits per heavy atom. The van der Waals surface area contributed by atoms with Crippen molar-refractivity contribution in [1.29, 1.82) is 0 Å². The van der Waals surface area contributed by atoms with E-state index in [1.807, 2.05) is 0 Å². The van der Waals surface area contributed by atoms with Crippen LogP contribution in [-0.2, 0) is 19.6 Å². The van der Waals surface area contributed by atoms with Gasteiger partial charge in [0.2, 0.25) is 0 Å². The Balaban J connectivity index is 1.70. The molecular weight excluding hydrogens is 380 g/mol. The lowest BCUT2D eigenvalue weighted by molar-refractivity contribution is -0.146. The zero-order chi connectivity index (χ0) is 20.1. The van der Waals surface area contributed by atoms with Gasteiger partial charge >= 0.3 is 5.97 Å². The zero-order valence-corrected chi connectivity index (χ0v) is 16.3. The SMILES string of the molecule is COC(=O)C1CCN(C(=O)c2cccc(NS(=O)(=O)c3ccccc3)c2)CC1. The molecule has 8 heteroatoms. The van der Waals surface area contributed by atoms with Gasteiger partial charge in [0.25, 0.3) is 15.9 Å². The second kappa shape index (κ2) is 8.43. The Kier molecular flexibility index (Phi) is 5.99. The van der Waals surface area contributed by atoms with Crippen molar-refractivity contribution in [1.82, 2.24) is 4.90 Å². The van der Waals surface area contributed by atoms with Crippen molar-refractivity contribution < 1.29 is 22.7 Å². The minimum Gasteiger partial charge on any atom is -0.469 e. The average Bonchev–Trinajstić information content (AvgIpc) is 2.73. The lowest BCUT2D eigenvalue weighted by Gasteiger charge is -2.30. The zero-order valence-electron chi connectivity index (χ0n) is 15.5. The van der Waals surface area contributed by atoms with Crippen molar-refractivity contribution in [3.8, 4) is 0 Å². The van der Waals surface area contributed by atoms with E-state index in [1.54, 1.807) is 41.3 Å². The normalized spacial score (nSPS) is 15.1. The highest BCUT2D eigenvalue weighted by Gasteiger charge is 2.28. The van der Waals surface area contributed by atoms with Gasteiger partial charge in [-0.15, -0.1) is 0 Å². The van der Waals surface area contributed by atoms with E-state index in [0.717, 1.165) is 0 Å². The third-order valence-corrected chi connectivity index (χ3v) is 6.13. The molecule has 0 saturated carbocycles. The van der Waals surface area contributed by atoms with E-state index < -0.39 is 10.0 Å². The minimum atomic E-state index is -3.73. The number of hydrogen-bond donors (Lipinski definition) is 1. The van der Waals surface area contributed by atoms with Crippen LogP contribution in [0, 0.1) is 5.92 Å². The maximum absolute atomic E-state index is 12.8. The van der Waals surface area contributed by atoms with Crippen LogP contribution in [0.3, 0.4) is 0 Å². The van der Waals surface area contributed by atoms with Crippen molar-refractivity contribution in [2.24, 2.45) is 5.92 Å². The number of sulfonamides is 1. The van der Waals surface area contributed by atoms with Gasteiger partial charge in [-0.1, -0.05) is 24.3 Å². The predicted octanol–water partition coefficient (Wildman–Crippen LogP) is 2.51. The van der Waals surface area contributed by atoms with Crippen LogP contribution in [0.2, 0.25) is 0 Å². The third kappa shape index (κ3) is 4.51. The first-order valence-corrected chi connectivity index (χ1v) is 10.4. The number of nitrogens with one attached hydrogen (secondary N) is 1. The highest BCUT2D eigenvalue weighted by molar-refractivity contribution is 7.92. The molecule has 0 atom stereocenters. The van der Waals surface area contributed by atoms with Crippen LogP contribution < -0.4 is 4.72 Å². The second-order valence-corrected chi connectivity index (χ2v) is 8.27. The predicted molar refractivity (Wildman–Crippen MR) is 104 cm³/mol. The number of likely N-dealkylation sites (tertiary alicyclic amines) is 1. The summed E-state index contributed by atoms with van der Waals surface area (Å²) in [6.45, 7) is 0.914. The molecule has 0 radical (unpaired) electrons. The van der Waals surface area contributed by atoms with E-state index in [-0.39, 0.29) is 22.7 Å². The molecule has 1 heterocycles. The maximum Gasteiger partial charge on any atom is 0.308 e. The van der Waals surface area contributed by atoms with Crippen molar-refractivity contribution in [2.75, 3.05) is 24.9 Å². The molecule has 1 N–H and O–H groups in total. The van der Waals surface area contributed by atoms with Gasteiger partial charge in [0.05, 0.1) is 17.9 Å². The molecule has 0 spiro atoms. The summed E-state index contributed by atoms with van der Waals surface area (Å²) < 4.78 is 32.2. The molecular formula is C20H22N2O5S. The Hall–Kier alpha value is -2.87. The average molecular weight is 402 g/mol. The van der Waals surface area contributed by atoms with Gasteiger partial charge in [0.15, 0.2) is 0 Å². The molecule has 2 aromatic carbocycles. The summed E-state index contributed by atoms with van der Waals surface area (Å²) in [5.74, 6) is -0.619. The number of hydrogen-bond acceptors (Lipinski definition) is 5. The number of ether oxygens (including phenoxy) is 1. The fourth-order valence-electron chi connectivity index (χ4n) is 3.20. The summed E-state index contributed by atoms with van der Waals surface area (Å²) in [5, 5.41) is 0. The number of methoxy groups -OCH3 is 1. The van der Waals surface area contributed by atoms with Crippen LogP contribution in [0.5, 0.6) is 0 Å². The standard InChI is InChI=1S/C20H22N2O5S/c1-27-20(24)15-10-12-22(13-11-15)19(23)16-6-5-7-17(14-16)21-28(25,26)18-8-3-2-4-9-18/h2-9,14-15,21H,10-13H2,1H3. The fourth-order valence-corrected chi connectivity index (χ4v) is 4.27. The van der Waals surface area contributed by atoms with Gasteiger partial charge in [-0.3, -0.25) is 14.3 Å². The summed E-state index contributed by atoms with van der Waals surface area (Å²) in [6.07, 6.45) is 1.11. The molecule has 7 nitrogen and oxygen atoms in total. The van der Waals surface area contributed by atoms with Crippen LogP contribution in [0.15, 0.2) is 59.5 Å². The summed E-state index contributed by atoms with van der Waals surface area (Å²) in [5.41, 5.74) is 0.712. The van der Waals surface area contributed by atoms with E-state index in [9.17, 15) is 18.0 Å². The smallest absolute Gasteiger partial charge is 0.308 e. The van der Waals surface area contributed by atoms with Crippen molar-refractivity contribution >= 4 is 27.6 Å². The molecule has 1 aliphatic heterocycles. The first-order valence-electron chi connectivity index (χ1n) is 8.96. The van der Waals surface area contributed by atoms with E-state index in [1.165, 1.54) is 25.3 Å². The highest BCUT2D eigenvalue weighted by Crippen LogP contribution is 2.22. The summed E-state index contributed by atoms with van der Waals surface area (Å²) >= 11 is 0. The van der Waals surface area contributed by atoms with Crippen LogP contribution in [0.1, 0.15) is 23.2 Å². The molecule has 1 fully saturated rings. The molecule has 1 amide bonds. The minimum absolute atomic E-state index is 0.150. The third-order valence-electron chi connectivity index (χ3n) is 4.73. The maximum atomic E-state index is 12.8. The van der Waals surface area contributed by atoms with Crippen molar-refractivity contribution in [2.45, 2.75) is 17.7 Å². The van der Waals surface area contributed by atoms with Crippen molar-refractivity contribution in [3.63, 3.8) is 0 Å². The molecule has 3 rings (SSSR count). The number of carbonyl (C=O) groups excluding carboxylic acids is 2. The summed E-state index contributed by atoms with van der Waals surface area (Å²) in [7, 11) is -2.36. The molecule has 2 aromatic rings. The van der Waals surface area contributed by atoms with E-state index >= 15 is 0 Å². The number of piperidine rings is 1. The number of rotatable bonds is 5. The Bertz CT molecular complexity index is 952. The number of carbonyl (C=O) groups is 2. The number of esters is 1. The molecule has 148 valence electrons. The van der Waals surface area contributed by atoms with E-state index in [0.29, 0.717) is 37.2 Å². The molecule has 28 heavy (non-hydrogen) atoms. The van der Waals surface area contributed by atoms with Gasteiger partial charge in [-0.05, 0) is 43.2 Å². The van der Waals surface area contributed by atoms with Crippen LogP contribution in [-0.4, -0.2) is 45.4 Å². The van der Waals surface area contributed by atoms with Crippen LogP contribution in [0.4, 0.5) is 5.69 Å². The molecule has 1 saturated heterocycles. The second-order valence-electron chi connectivity index (χ2n) is 6.59. The van der Waals surface area contributed by atoms with Gasteiger partial charge in [-0.25, -0.2) is 8.42 Å². The Morgan fingerprint density at radius 1 is 1.04 bits per heavy atom. The molecule has 0 bridgehead atoms. The summed E-state index contributed by atoms with van der Waals surface area (Å²) in [6, 6.07) is 14.4. The lowest BCUT2D eigenvalue weighted by Crippen LogP contribution is -2.40. The van der Waals surface area contributed by atoms with Gasteiger partial charge in [-0.2, -0.15) is 0 Å². The molecule has 1 aliphatic rings. The lowest BCUT2D eigenvalue weighted by atomic mass is 9.96. The number of anilines is 1. The molecule has 0 unspecified atom stereocenters. The number of amides is 1. The van der Waals surface area contributed by atoms with Crippen molar-refractivity contribution in [3.05, 3.63) is 60.2 Å². The molecule has 0 aliphatic carbocycles. The van der Waals surface area contributed by atoms with E-state index in [2.05, 4.69) is 4.72 Å². The Morgan fingerprint density at radius 2 is 1.71 bits per heavy atom. The Labute approximate surface area is 164 Å². The van der Waals surface area contributed by atoms with Gasteiger partial charge in [0, 0.05) is 24.3 Å². The first-order chi connectivity index (χ1) is 13.4. The van der Waals surface area contributed by atoms with Crippen LogP contribution >= 0.6 is 0 Å². The summed E-state index contributed by atoms with van der Waals surface area (Å²) in [4.78, 5) is 26.2. The monoisotopic (exact) mass is 402 g/mol.